The summed E-state index contributed by atoms with van der Waals surface area (Å²) in [7, 11) is 0. The van der Waals surface area contributed by atoms with Crippen LogP contribution in [0.3, 0.4) is 0 Å². The van der Waals surface area contributed by atoms with Gasteiger partial charge in [-0.1, -0.05) is 418 Å². The second-order valence-electron chi connectivity index (χ2n) is 27.8. The molecule has 0 spiro atoms. The summed E-state index contributed by atoms with van der Waals surface area (Å²) in [4.78, 5) is 24.6. The van der Waals surface area contributed by atoms with Crippen molar-refractivity contribution >= 4 is 11.9 Å². The lowest BCUT2D eigenvalue weighted by Crippen LogP contribution is -2.45. The summed E-state index contributed by atoms with van der Waals surface area (Å²) >= 11 is 0. The summed E-state index contributed by atoms with van der Waals surface area (Å²) < 4.78 is 5.48. The fraction of sp³-hybridized carbons (Fsp3) is 0.950. The van der Waals surface area contributed by atoms with E-state index in [9.17, 15) is 19.8 Å². The quantitative estimate of drug-likeness (QED) is 0.0320. The van der Waals surface area contributed by atoms with Crippen LogP contribution in [-0.4, -0.2) is 47.4 Å². The van der Waals surface area contributed by atoms with Crippen molar-refractivity contribution in [3.05, 3.63) is 12.2 Å². The van der Waals surface area contributed by atoms with E-state index in [2.05, 4.69) is 31.3 Å². The van der Waals surface area contributed by atoms with Gasteiger partial charge in [0.05, 0.1) is 25.4 Å². The molecule has 0 aromatic carbocycles. The summed E-state index contributed by atoms with van der Waals surface area (Å²) in [6.07, 6.45) is 96.1. The van der Waals surface area contributed by atoms with Crippen LogP contribution in [0.2, 0.25) is 0 Å². The molecule has 0 saturated heterocycles. The summed E-state index contributed by atoms with van der Waals surface area (Å²) in [6.45, 7) is 4.97. The number of ether oxygens (including phenoxy) is 1. The third-order valence-electron chi connectivity index (χ3n) is 19.1. The number of nitrogens with one attached hydrogen (secondary N) is 1. The molecule has 0 saturated carbocycles. The molecule has 0 heterocycles. The Bertz CT molecular complexity index is 1300. The molecule has 6 nitrogen and oxygen atoms in total. The number of hydrogen-bond acceptors (Lipinski definition) is 5. The zero-order valence-electron chi connectivity index (χ0n) is 58.8. The smallest absolute Gasteiger partial charge is 0.305 e. The van der Waals surface area contributed by atoms with Crippen molar-refractivity contribution in [3.63, 3.8) is 0 Å². The van der Waals surface area contributed by atoms with Gasteiger partial charge in [-0.2, -0.15) is 0 Å². The van der Waals surface area contributed by atoms with Crippen LogP contribution in [-0.2, 0) is 14.3 Å². The summed E-state index contributed by atoms with van der Waals surface area (Å²) in [5.74, 6) is -0.0103. The number of amides is 1. The van der Waals surface area contributed by atoms with Gasteiger partial charge >= 0.3 is 5.97 Å². The first-order chi connectivity index (χ1) is 42.5. The van der Waals surface area contributed by atoms with Gasteiger partial charge in [-0.3, -0.25) is 9.59 Å². The summed E-state index contributed by atoms with van der Waals surface area (Å²) in [5, 5.41) is 23.5. The SMILES string of the molecule is CCCC/C=C\CCCCCCCC(=O)OCCCCCCCCCCCCCCCCCCCCCCCCCCCCCCCCCCCCCCCC(=O)NC(CO)C(O)CCCCCCCCCCCCCCCCCCCCCCC. The topological polar surface area (TPSA) is 95.9 Å². The van der Waals surface area contributed by atoms with E-state index in [-0.39, 0.29) is 18.5 Å². The molecule has 0 fully saturated rings. The van der Waals surface area contributed by atoms with Crippen LogP contribution in [0.15, 0.2) is 12.2 Å². The second-order valence-corrected chi connectivity index (χ2v) is 27.8. The van der Waals surface area contributed by atoms with E-state index in [0.717, 1.165) is 44.9 Å². The minimum atomic E-state index is -0.661. The van der Waals surface area contributed by atoms with Gasteiger partial charge < -0.3 is 20.3 Å². The van der Waals surface area contributed by atoms with Crippen molar-refractivity contribution in [1.82, 2.24) is 5.32 Å². The Labute approximate surface area is 539 Å². The molecule has 6 heteroatoms. The Kier molecular flexibility index (Phi) is 74.8. The van der Waals surface area contributed by atoms with Crippen molar-refractivity contribution in [2.75, 3.05) is 13.2 Å². The largest absolute Gasteiger partial charge is 0.466 e. The fourth-order valence-corrected chi connectivity index (χ4v) is 13.0. The van der Waals surface area contributed by atoms with Crippen molar-refractivity contribution in [3.8, 4) is 0 Å². The molecule has 3 N–H and O–H groups in total. The number of allylic oxidation sites excluding steroid dienone is 2. The minimum Gasteiger partial charge on any atom is -0.466 e. The van der Waals surface area contributed by atoms with E-state index in [1.165, 1.54) is 385 Å². The molecular weight excluding hydrogens is 1050 g/mol. The summed E-state index contributed by atoms with van der Waals surface area (Å²) in [5.41, 5.74) is 0. The lowest BCUT2D eigenvalue weighted by atomic mass is 10.0. The molecule has 1 amide bonds. The molecule has 2 unspecified atom stereocenters. The van der Waals surface area contributed by atoms with Gasteiger partial charge in [-0.15, -0.1) is 0 Å². The van der Waals surface area contributed by atoms with Crippen molar-refractivity contribution in [1.29, 1.82) is 0 Å². The lowest BCUT2D eigenvalue weighted by molar-refractivity contribution is -0.143. The normalized spacial score (nSPS) is 12.5. The van der Waals surface area contributed by atoms with Crippen molar-refractivity contribution < 1.29 is 24.5 Å². The Hall–Kier alpha value is -1.40. The molecule has 0 rings (SSSR count). The van der Waals surface area contributed by atoms with Crippen LogP contribution in [0.25, 0.3) is 0 Å². The van der Waals surface area contributed by atoms with Crippen LogP contribution >= 0.6 is 0 Å². The van der Waals surface area contributed by atoms with Crippen LogP contribution < -0.4 is 5.32 Å². The fourth-order valence-electron chi connectivity index (χ4n) is 13.0. The molecule has 0 aromatic heterocycles. The lowest BCUT2D eigenvalue weighted by Gasteiger charge is -2.22. The number of aliphatic hydroxyl groups excluding tert-OH is 2. The zero-order chi connectivity index (χ0) is 62.0. The first-order valence-electron chi connectivity index (χ1n) is 39.9. The monoisotopic (exact) mass is 1210 g/mol. The number of unbranched alkanes of at least 4 members (excludes halogenated alkanes) is 63. The molecule has 0 aliphatic heterocycles. The van der Waals surface area contributed by atoms with E-state index in [1.807, 2.05) is 0 Å². The summed E-state index contributed by atoms with van der Waals surface area (Å²) in [6, 6.07) is -0.537. The molecule has 86 heavy (non-hydrogen) atoms. The van der Waals surface area contributed by atoms with Crippen LogP contribution in [0.1, 0.15) is 463 Å². The van der Waals surface area contributed by atoms with Gasteiger partial charge in [0.1, 0.15) is 0 Å². The molecular formula is C80H157NO5. The van der Waals surface area contributed by atoms with E-state index in [4.69, 9.17) is 4.74 Å². The Balaban J connectivity index is 3.30. The average Bonchev–Trinajstić information content (AvgIpc) is 3.61. The van der Waals surface area contributed by atoms with Gasteiger partial charge in [0, 0.05) is 12.8 Å². The minimum absolute atomic E-state index is 0.0132. The van der Waals surface area contributed by atoms with Gasteiger partial charge in [-0.05, 0) is 44.9 Å². The van der Waals surface area contributed by atoms with E-state index in [1.54, 1.807) is 0 Å². The molecule has 0 aliphatic carbocycles. The average molecular weight is 1210 g/mol. The van der Waals surface area contributed by atoms with Crippen LogP contribution in [0.4, 0.5) is 0 Å². The maximum absolute atomic E-state index is 12.6. The Morgan fingerprint density at radius 3 is 0.860 bits per heavy atom. The van der Waals surface area contributed by atoms with Crippen LogP contribution in [0.5, 0.6) is 0 Å². The number of esters is 1. The Morgan fingerprint density at radius 1 is 0.314 bits per heavy atom. The van der Waals surface area contributed by atoms with E-state index in [0.29, 0.717) is 25.9 Å². The third-order valence-corrected chi connectivity index (χ3v) is 19.1. The highest BCUT2D eigenvalue weighted by Gasteiger charge is 2.20. The standard InChI is InChI=1S/C80H157NO5/c1-3-5-7-9-11-13-15-16-17-18-19-37-40-43-46-49-53-56-60-64-68-72-78(83)77(76-82)81-79(84)73-69-65-61-57-54-50-47-44-41-38-35-33-31-29-27-25-23-21-20-22-24-26-28-30-32-34-36-39-42-45-48-51-55-59-63-67-71-75-86-80(85)74-70-66-62-58-52-14-12-10-8-6-4-2/h10,12,77-78,82-83H,3-9,11,13-76H2,1-2H3,(H,81,84)/b12-10-. The zero-order valence-corrected chi connectivity index (χ0v) is 58.8. The first-order valence-corrected chi connectivity index (χ1v) is 39.9. The first kappa shape index (κ1) is 84.6. The second kappa shape index (κ2) is 76.1. The number of aliphatic hydroxyl groups is 2. The van der Waals surface area contributed by atoms with Gasteiger partial charge in [-0.25, -0.2) is 0 Å². The molecule has 0 aliphatic rings. The molecule has 0 radical (unpaired) electrons. The van der Waals surface area contributed by atoms with E-state index < -0.39 is 12.1 Å². The van der Waals surface area contributed by atoms with Gasteiger partial charge in [0.2, 0.25) is 5.91 Å². The predicted molar refractivity (Wildman–Crippen MR) is 380 cm³/mol. The number of carbonyl (C=O) groups excluding carboxylic acids is 2. The van der Waals surface area contributed by atoms with Crippen LogP contribution in [0, 0.1) is 0 Å². The highest BCUT2D eigenvalue weighted by Crippen LogP contribution is 2.21. The highest BCUT2D eigenvalue weighted by atomic mass is 16.5. The third kappa shape index (κ3) is 71.7. The maximum atomic E-state index is 12.6. The maximum Gasteiger partial charge on any atom is 0.305 e. The number of rotatable bonds is 76. The molecule has 2 atom stereocenters. The Morgan fingerprint density at radius 2 is 0.558 bits per heavy atom. The molecule has 512 valence electrons. The predicted octanol–water partition coefficient (Wildman–Crippen LogP) is 26.3. The van der Waals surface area contributed by atoms with Gasteiger partial charge in [0.25, 0.3) is 0 Å². The molecule has 0 aromatic rings. The van der Waals surface area contributed by atoms with E-state index >= 15 is 0 Å². The van der Waals surface area contributed by atoms with Crippen molar-refractivity contribution in [2.45, 2.75) is 475 Å². The number of hydrogen-bond donors (Lipinski definition) is 3. The van der Waals surface area contributed by atoms with Gasteiger partial charge in [0.15, 0.2) is 0 Å². The van der Waals surface area contributed by atoms with Crippen molar-refractivity contribution in [2.24, 2.45) is 0 Å². The number of carbonyl (C=O) groups is 2. The molecule has 0 bridgehead atoms. The highest BCUT2D eigenvalue weighted by molar-refractivity contribution is 5.76.